The zero-order chi connectivity index (χ0) is 20.7. The van der Waals surface area contributed by atoms with Gasteiger partial charge >= 0.3 is 5.97 Å². The first kappa shape index (κ1) is 22.2. The summed E-state index contributed by atoms with van der Waals surface area (Å²) in [5.74, 6) is -0.609. The number of carbonyl (C=O) groups is 1. The first-order chi connectivity index (χ1) is 13.3. The SMILES string of the molecule is O=C(C=Cc1ccc(O)cc1)OC[C@H](O)CO[C@@H]1O[C@H](CO)[C@@H](O)[C@H](O)[C@H]1O. The molecule has 1 fully saturated rings. The van der Waals surface area contributed by atoms with Gasteiger partial charge in [-0.3, -0.25) is 0 Å². The van der Waals surface area contributed by atoms with E-state index in [2.05, 4.69) is 0 Å². The summed E-state index contributed by atoms with van der Waals surface area (Å²) in [6, 6.07) is 6.13. The molecular formula is C18H24O10. The monoisotopic (exact) mass is 400 g/mol. The average molecular weight is 400 g/mol. The maximum Gasteiger partial charge on any atom is 0.330 e. The fourth-order valence-corrected chi connectivity index (χ4v) is 2.44. The Balaban J connectivity index is 1.73. The van der Waals surface area contributed by atoms with Crippen LogP contribution < -0.4 is 0 Å². The van der Waals surface area contributed by atoms with Gasteiger partial charge in [0.25, 0.3) is 0 Å². The van der Waals surface area contributed by atoms with Crippen molar-refractivity contribution in [2.75, 3.05) is 19.8 Å². The molecule has 0 amide bonds. The molecule has 2 rings (SSSR count). The van der Waals surface area contributed by atoms with Crippen molar-refractivity contribution in [2.24, 2.45) is 0 Å². The number of phenolic OH excluding ortho intramolecular Hbond substituents is 1. The van der Waals surface area contributed by atoms with Crippen LogP contribution in [0.4, 0.5) is 0 Å². The topological polar surface area (TPSA) is 166 Å². The molecule has 28 heavy (non-hydrogen) atoms. The molecule has 0 spiro atoms. The molecule has 0 saturated carbocycles. The predicted octanol–water partition coefficient (Wildman–Crippen LogP) is -1.87. The van der Waals surface area contributed by atoms with Crippen LogP contribution in [-0.2, 0) is 19.0 Å². The highest BCUT2D eigenvalue weighted by Gasteiger charge is 2.44. The molecule has 1 heterocycles. The highest BCUT2D eigenvalue weighted by atomic mass is 16.7. The van der Waals surface area contributed by atoms with Crippen molar-refractivity contribution in [3.05, 3.63) is 35.9 Å². The third-order valence-corrected chi connectivity index (χ3v) is 4.02. The number of benzene rings is 1. The zero-order valence-corrected chi connectivity index (χ0v) is 14.9. The van der Waals surface area contributed by atoms with Gasteiger partial charge in [-0.05, 0) is 23.8 Å². The van der Waals surface area contributed by atoms with Crippen LogP contribution in [0.1, 0.15) is 5.56 Å². The Morgan fingerprint density at radius 2 is 1.79 bits per heavy atom. The third kappa shape index (κ3) is 6.24. The average Bonchev–Trinajstić information content (AvgIpc) is 2.69. The van der Waals surface area contributed by atoms with Crippen LogP contribution >= 0.6 is 0 Å². The van der Waals surface area contributed by atoms with E-state index in [9.17, 15) is 30.3 Å². The Morgan fingerprint density at radius 1 is 1.11 bits per heavy atom. The number of aliphatic hydroxyl groups is 5. The van der Waals surface area contributed by atoms with Crippen molar-refractivity contribution in [3.8, 4) is 5.75 Å². The summed E-state index contributed by atoms with van der Waals surface area (Å²) in [7, 11) is 0. The van der Waals surface area contributed by atoms with E-state index < -0.39 is 62.6 Å². The van der Waals surface area contributed by atoms with Gasteiger partial charge in [0.15, 0.2) is 6.29 Å². The molecule has 1 aromatic carbocycles. The smallest absolute Gasteiger partial charge is 0.330 e. The number of hydrogen-bond donors (Lipinski definition) is 6. The molecule has 1 aliphatic heterocycles. The van der Waals surface area contributed by atoms with Crippen LogP contribution in [0.25, 0.3) is 6.08 Å². The van der Waals surface area contributed by atoms with Crippen molar-refractivity contribution in [3.63, 3.8) is 0 Å². The van der Waals surface area contributed by atoms with Gasteiger partial charge in [0.1, 0.15) is 42.9 Å². The lowest BCUT2D eigenvalue weighted by molar-refractivity contribution is -0.304. The maximum atomic E-state index is 11.6. The van der Waals surface area contributed by atoms with Crippen LogP contribution in [0.5, 0.6) is 5.75 Å². The van der Waals surface area contributed by atoms with Crippen LogP contribution in [0.15, 0.2) is 30.3 Å². The zero-order valence-electron chi connectivity index (χ0n) is 14.9. The summed E-state index contributed by atoms with van der Waals surface area (Å²) in [6.45, 7) is -1.38. The van der Waals surface area contributed by atoms with Gasteiger partial charge in [0, 0.05) is 6.08 Å². The molecule has 1 saturated heterocycles. The number of aromatic hydroxyl groups is 1. The van der Waals surface area contributed by atoms with E-state index in [1.54, 1.807) is 12.1 Å². The number of rotatable bonds is 8. The summed E-state index contributed by atoms with van der Waals surface area (Å²) in [5, 5.41) is 57.2. The van der Waals surface area contributed by atoms with Gasteiger partial charge in [-0.15, -0.1) is 0 Å². The second kappa shape index (κ2) is 10.5. The largest absolute Gasteiger partial charge is 0.508 e. The lowest BCUT2D eigenvalue weighted by Crippen LogP contribution is -2.59. The molecule has 6 atom stereocenters. The lowest BCUT2D eigenvalue weighted by atomic mass is 9.99. The molecular weight excluding hydrogens is 376 g/mol. The Labute approximate surface area is 160 Å². The summed E-state index contributed by atoms with van der Waals surface area (Å²) in [5.41, 5.74) is 0.668. The van der Waals surface area contributed by atoms with Gasteiger partial charge in [-0.1, -0.05) is 12.1 Å². The van der Waals surface area contributed by atoms with Crippen molar-refractivity contribution < 1.29 is 49.6 Å². The standard InChI is InChI=1S/C18H24O10/c19-7-13-15(23)16(24)17(25)18(28-13)27-9-12(21)8-26-14(22)6-3-10-1-4-11(20)5-2-10/h1-6,12-13,15-21,23-25H,7-9H2/t12-,13+,15+,16-,17+,18+/m0/s1. The van der Waals surface area contributed by atoms with Gasteiger partial charge in [-0.2, -0.15) is 0 Å². The summed E-state index contributed by atoms with van der Waals surface area (Å²) in [4.78, 5) is 11.6. The van der Waals surface area contributed by atoms with E-state index in [0.29, 0.717) is 5.56 Å². The summed E-state index contributed by atoms with van der Waals surface area (Å²) in [6.07, 6.45) is -5.80. The molecule has 0 bridgehead atoms. The molecule has 0 aromatic heterocycles. The molecule has 10 nitrogen and oxygen atoms in total. The Kier molecular flexibility index (Phi) is 8.33. The van der Waals surface area contributed by atoms with E-state index in [1.165, 1.54) is 18.2 Å². The lowest BCUT2D eigenvalue weighted by Gasteiger charge is -2.39. The molecule has 156 valence electrons. The minimum Gasteiger partial charge on any atom is -0.508 e. The molecule has 0 radical (unpaired) electrons. The van der Waals surface area contributed by atoms with Crippen molar-refractivity contribution in [1.29, 1.82) is 0 Å². The van der Waals surface area contributed by atoms with Crippen LogP contribution in [0.2, 0.25) is 0 Å². The van der Waals surface area contributed by atoms with Gasteiger partial charge < -0.3 is 44.8 Å². The quantitative estimate of drug-likeness (QED) is 0.215. The molecule has 1 aromatic rings. The van der Waals surface area contributed by atoms with Gasteiger partial charge in [-0.25, -0.2) is 4.79 Å². The maximum absolute atomic E-state index is 11.6. The highest BCUT2D eigenvalue weighted by molar-refractivity contribution is 5.87. The molecule has 10 heteroatoms. The number of ether oxygens (including phenoxy) is 3. The number of carbonyl (C=O) groups excluding carboxylic acids is 1. The molecule has 0 unspecified atom stereocenters. The van der Waals surface area contributed by atoms with Crippen LogP contribution in [0, 0.1) is 0 Å². The Bertz CT molecular complexity index is 644. The fourth-order valence-electron chi connectivity index (χ4n) is 2.44. The van der Waals surface area contributed by atoms with Gasteiger partial charge in [0.05, 0.1) is 13.2 Å². The van der Waals surface area contributed by atoms with E-state index in [1.807, 2.05) is 0 Å². The first-order valence-corrected chi connectivity index (χ1v) is 8.56. The molecule has 0 aliphatic carbocycles. The minimum absolute atomic E-state index is 0.0993. The van der Waals surface area contributed by atoms with E-state index in [0.717, 1.165) is 6.08 Å². The van der Waals surface area contributed by atoms with E-state index in [-0.39, 0.29) is 5.75 Å². The third-order valence-electron chi connectivity index (χ3n) is 4.02. The van der Waals surface area contributed by atoms with Crippen molar-refractivity contribution >= 4 is 12.0 Å². The Hall–Kier alpha value is -2.05. The molecule has 1 aliphatic rings. The summed E-state index contributed by atoms with van der Waals surface area (Å²) < 4.78 is 15.1. The minimum atomic E-state index is -1.59. The molecule has 6 N–H and O–H groups in total. The number of hydrogen-bond acceptors (Lipinski definition) is 10. The van der Waals surface area contributed by atoms with Crippen molar-refractivity contribution in [1.82, 2.24) is 0 Å². The Morgan fingerprint density at radius 3 is 2.43 bits per heavy atom. The van der Waals surface area contributed by atoms with Crippen LogP contribution in [0.3, 0.4) is 0 Å². The predicted molar refractivity (Wildman–Crippen MR) is 93.8 cm³/mol. The fraction of sp³-hybridized carbons (Fsp3) is 0.500. The van der Waals surface area contributed by atoms with Crippen LogP contribution in [-0.4, -0.2) is 93.2 Å². The summed E-state index contributed by atoms with van der Waals surface area (Å²) >= 11 is 0. The van der Waals surface area contributed by atoms with Crippen molar-refractivity contribution in [2.45, 2.75) is 36.8 Å². The number of esters is 1. The van der Waals surface area contributed by atoms with Gasteiger partial charge in [0.2, 0.25) is 0 Å². The second-order valence-corrected chi connectivity index (χ2v) is 6.24. The normalized spacial score (nSPS) is 29.0. The van der Waals surface area contributed by atoms with E-state index in [4.69, 9.17) is 19.3 Å². The first-order valence-electron chi connectivity index (χ1n) is 8.56. The number of aliphatic hydroxyl groups excluding tert-OH is 5. The van der Waals surface area contributed by atoms with E-state index >= 15 is 0 Å². The second-order valence-electron chi connectivity index (χ2n) is 6.24. The highest BCUT2D eigenvalue weighted by Crippen LogP contribution is 2.22. The number of phenols is 1.